The Morgan fingerprint density at radius 3 is 2.44 bits per heavy atom. The first-order valence-electron chi connectivity index (χ1n) is 9.20. The molecular weight excluding hydrogens is 318 g/mol. The van der Waals surface area contributed by atoms with Crippen LogP contribution in [0.4, 0.5) is 5.69 Å². The standard InChI is InChI=1S/C19H27N3O3/c23-18(22-11-4-8-17(22)19(24)25)9-5-10-20-12-14-21(15-13-20)16-6-2-1-3-7-16/h1-3,6-7,17H,4-5,8-15H2,(H,24,25)/t17-/m0/s1. The number of para-hydroxylation sites is 1. The summed E-state index contributed by atoms with van der Waals surface area (Å²) < 4.78 is 0. The quantitative estimate of drug-likeness (QED) is 0.850. The lowest BCUT2D eigenvalue weighted by Gasteiger charge is -2.36. The van der Waals surface area contributed by atoms with E-state index >= 15 is 0 Å². The highest BCUT2D eigenvalue weighted by molar-refractivity contribution is 5.84. The number of aliphatic carboxylic acids is 1. The van der Waals surface area contributed by atoms with Crippen LogP contribution >= 0.6 is 0 Å². The van der Waals surface area contributed by atoms with Crippen molar-refractivity contribution in [3.05, 3.63) is 30.3 Å². The SMILES string of the molecule is O=C(O)[C@@H]1CCCN1C(=O)CCCN1CCN(c2ccccc2)CC1. The van der Waals surface area contributed by atoms with Gasteiger partial charge in [-0.1, -0.05) is 18.2 Å². The van der Waals surface area contributed by atoms with Gasteiger partial charge < -0.3 is 14.9 Å². The fraction of sp³-hybridized carbons (Fsp3) is 0.579. The molecule has 1 aromatic rings. The van der Waals surface area contributed by atoms with E-state index < -0.39 is 12.0 Å². The second kappa shape index (κ2) is 8.34. The Morgan fingerprint density at radius 1 is 1.04 bits per heavy atom. The van der Waals surface area contributed by atoms with Crippen LogP contribution in [0.2, 0.25) is 0 Å². The van der Waals surface area contributed by atoms with Gasteiger partial charge in [0, 0.05) is 44.8 Å². The fourth-order valence-electron chi connectivity index (χ4n) is 3.79. The highest BCUT2D eigenvalue weighted by Gasteiger charge is 2.33. The number of carbonyl (C=O) groups is 2. The van der Waals surface area contributed by atoms with Gasteiger partial charge in [-0.25, -0.2) is 4.79 Å². The Labute approximate surface area is 149 Å². The van der Waals surface area contributed by atoms with Crippen LogP contribution in [0, 0.1) is 0 Å². The Morgan fingerprint density at radius 2 is 1.76 bits per heavy atom. The van der Waals surface area contributed by atoms with Gasteiger partial charge in [-0.3, -0.25) is 9.69 Å². The number of carboxylic acids is 1. The summed E-state index contributed by atoms with van der Waals surface area (Å²) in [5.41, 5.74) is 1.27. The number of carbonyl (C=O) groups excluding carboxylic acids is 1. The molecule has 0 spiro atoms. The van der Waals surface area contributed by atoms with Crippen LogP contribution in [0.15, 0.2) is 30.3 Å². The number of likely N-dealkylation sites (tertiary alicyclic amines) is 1. The van der Waals surface area contributed by atoms with Crippen molar-refractivity contribution in [2.75, 3.05) is 44.2 Å². The molecule has 2 heterocycles. The van der Waals surface area contributed by atoms with E-state index in [4.69, 9.17) is 0 Å². The van der Waals surface area contributed by atoms with Crippen LogP contribution in [-0.4, -0.2) is 72.1 Å². The van der Waals surface area contributed by atoms with Gasteiger partial charge in [-0.05, 0) is 37.9 Å². The normalized spacial score (nSPS) is 21.5. The summed E-state index contributed by atoms with van der Waals surface area (Å²) in [6.07, 6.45) is 2.63. The molecule has 1 amide bonds. The van der Waals surface area contributed by atoms with Crippen LogP contribution in [-0.2, 0) is 9.59 Å². The third-order valence-corrected chi connectivity index (χ3v) is 5.22. The zero-order chi connectivity index (χ0) is 17.6. The molecule has 1 N–H and O–H groups in total. The fourth-order valence-corrected chi connectivity index (χ4v) is 3.79. The van der Waals surface area contributed by atoms with Crippen molar-refractivity contribution in [1.82, 2.24) is 9.80 Å². The second-order valence-electron chi connectivity index (χ2n) is 6.85. The molecule has 136 valence electrons. The topological polar surface area (TPSA) is 64.1 Å². The number of amides is 1. The van der Waals surface area contributed by atoms with Crippen molar-refractivity contribution in [2.45, 2.75) is 31.7 Å². The van der Waals surface area contributed by atoms with Crippen LogP contribution in [0.1, 0.15) is 25.7 Å². The lowest BCUT2D eigenvalue weighted by molar-refractivity contribution is -0.148. The molecule has 0 aromatic heterocycles. The van der Waals surface area contributed by atoms with Crippen LogP contribution in [0.3, 0.4) is 0 Å². The molecule has 2 aliphatic rings. The van der Waals surface area contributed by atoms with Gasteiger partial charge in [-0.2, -0.15) is 0 Å². The first kappa shape index (κ1) is 17.7. The minimum Gasteiger partial charge on any atom is -0.480 e. The molecular formula is C19H27N3O3. The monoisotopic (exact) mass is 345 g/mol. The van der Waals surface area contributed by atoms with E-state index in [1.807, 2.05) is 6.07 Å². The van der Waals surface area contributed by atoms with Crippen LogP contribution < -0.4 is 4.90 Å². The van der Waals surface area contributed by atoms with E-state index in [9.17, 15) is 14.7 Å². The number of carboxylic acid groups (broad SMARTS) is 1. The van der Waals surface area contributed by atoms with E-state index in [1.54, 1.807) is 4.90 Å². The number of rotatable bonds is 6. The zero-order valence-corrected chi connectivity index (χ0v) is 14.6. The summed E-state index contributed by atoms with van der Waals surface area (Å²) in [4.78, 5) is 29.8. The van der Waals surface area contributed by atoms with E-state index in [0.717, 1.165) is 45.6 Å². The second-order valence-corrected chi connectivity index (χ2v) is 6.85. The molecule has 0 unspecified atom stereocenters. The van der Waals surface area contributed by atoms with Crippen LogP contribution in [0.5, 0.6) is 0 Å². The summed E-state index contributed by atoms with van der Waals surface area (Å²) in [6, 6.07) is 9.84. The highest BCUT2D eigenvalue weighted by atomic mass is 16.4. The Bertz CT molecular complexity index is 585. The molecule has 1 aromatic carbocycles. The number of hydrogen-bond acceptors (Lipinski definition) is 4. The molecule has 25 heavy (non-hydrogen) atoms. The molecule has 1 atom stereocenters. The predicted octanol–water partition coefficient (Wildman–Crippen LogP) is 1.66. The molecule has 2 saturated heterocycles. The van der Waals surface area contributed by atoms with Gasteiger partial charge in [0.05, 0.1) is 0 Å². The number of piperazine rings is 1. The molecule has 0 saturated carbocycles. The first-order chi connectivity index (χ1) is 12.1. The molecule has 0 aliphatic carbocycles. The van der Waals surface area contributed by atoms with Gasteiger partial charge in [0.15, 0.2) is 0 Å². The third kappa shape index (κ3) is 4.51. The van der Waals surface area contributed by atoms with E-state index in [1.165, 1.54) is 5.69 Å². The average Bonchev–Trinajstić information content (AvgIpc) is 3.13. The summed E-state index contributed by atoms with van der Waals surface area (Å²) in [5.74, 6) is -0.879. The summed E-state index contributed by atoms with van der Waals surface area (Å²) in [7, 11) is 0. The maximum Gasteiger partial charge on any atom is 0.326 e. The Hall–Kier alpha value is -2.08. The van der Waals surface area contributed by atoms with Gasteiger partial charge >= 0.3 is 5.97 Å². The zero-order valence-electron chi connectivity index (χ0n) is 14.6. The maximum atomic E-state index is 12.3. The van der Waals surface area contributed by atoms with Crippen molar-refractivity contribution in [1.29, 1.82) is 0 Å². The van der Waals surface area contributed by atoms with Gasteiger partial charge in [0.25, 0.3) is 0 Å². The van der Waals surface area contributed by atoms with E-state index in [0.29, 0.717) is 19.4 Å². The van der Waals surface area contributed by atoms with Crippen molar-refractivity contribution in [3.63, 3.8) is 0 Å². The Kier molecular flexibility index (Phi) is 5.91. The predicted molar refractivity (Wildman–Crippen MR) is 96.7 cm³/mol. The number of hydrogen-bond donors (Lipinski definition) is 1. The van der Waals surface area contributed by atoms with E-state index in [2.05, 4.69) is 34.1 Å². The van der Waals surface area contributed by atoms with Crippen LogP contribution in [0.25, 0.3) is 0 Å². The largest absolute Gasteiger partial charge is 0.480 e. The molecule has 6 nitrogen and oxygen atoms in total. The molecule has 0 radical (unpaired) electrons. The van der Waals surface area contributed by atoms with Crippen molar-refractivity contribution in [2.24, 2.45) is 0 Å². The summed E-state index contributed by atoms with van der Waals surface area (Å²) in [5, 5.41) is 9.17. The average molecular weight is 345 g/mol. The third-order valence-electron chi connectivity index (χ3n) is 5.22. The molecule has 2 aliphatic heterocycles. The Balaban J connectivity index is 1.37. The van der Waals surface area contributed by atoms with Crippen molar-refractivity contribution in [3.8, 4) is 0 Å². The minimum absolute atomic E-state index is 0.00665. The lowest BCUT2D eigenvalue weighted by Crippen LogP contribution is -2.47. The first-order valence-corrected chi connectivity index (χ1v) is 9.20. The summed E-state index contributed by atoms with van der Waals surface area (Å²) in [6.45, 7) is 5.51. The van der Waals surface area contributed by atoms with Gasteiger partial charge in [0.1, 0.15) is 6.04 Å². The summed E-state index contributed by atoms with van der Waals surface area (Å²) >= 11 is 0. The number of anilines is 1. The molecule has 6 heteroatoms. The van der Waals surface area contributed by atoms with E-state index in [-0.39, 0.29) is 5.91 Å². The molecule has 3 rings (SSSR count). The number of nitrogens with zero attached hydrogens (tertiary/aromatic N) is 3. The highest BCUT2D eigenvalue weighted by Crippen LogP contribution is 2.19. The van der Waals surface area contributed by atoms with Crippen molar-refractivity contribution >= 4 is 17.6 Å². The van der Waals surface area contributed by atoms with Crippen molar-refractivity contribution < 1.29 is 14.7 Å². The maximum absolute atomic E-state index is 12.3. The van der Waals surface area contributed by atoms with Gasteiger partial charge in [0.2, 0.25) is 5.91 Å². The molecule has 2 fully saturated rings. The minimum atomic E-state index is -0.872. The smallest absolute Gasteiger partial charge is 0.326 e. The molecule has 0 bridgehead atoms. The van der Waals surface area contributed by atoms with Gasteiger partial charge in [-0.15, -0.1) is 0 Å². The number of benzene rings is 1. The lowest BCUT2D eigenvalue weighted by atomic mass is 10.2.